The third kappa shape index (κ3) is 2.61. The lowest BCUT2D eigenvalue weighted by atomic mass is 10.1. The number of alkyl halides is 3. The van der Waals surface area contributed by atoms with Gasteiger partial charge in [-0.25, -0.2) is 0 Å². The van der Waals surface area contributed by atoms with E-state index in [-0.39, 0.29) is 5.39 Å². The van der Waals surface area contributed by atoms with Crippen molar-refractivity contribution in [1.82, 2.24) is 0 Å². The molecule has 1 nitrogen and oxygen atoms in total. The molecule has 0 saturated carbocycles. The Hall–Kier alpha value is -1.07. The Morgan fingerprint density at radius 1 is 1.35 bits per heavy atom. The topological polar surface area (TPSA) is 20.2 Å². The van der Waals surface area contributed by atoms with E-state index in [1.54, 1.807) is 13.0 Å². The van der Waals surface area contributed by atoms with Gasteiger partial charge >= 0.3 is 6.18 Å². The minimum Gasteiger partial charge on any atom is -0.393 e. The number of benzene rings is 1. The predicted octanol–water partition coefficient (Wildman–Crippen LogP) is 3.84. The van der Waals surface area contributed by atoms with E-state index < -0.39 is 17.8 Å². The standard InChI is InChI=1S/C12H11F3OS/c1-7(16)5-8-6-9-10(12(13,14)15)3-2-4-11(9)17-8/h2-4,6-7,16H,5H2,1H3. The van der Waals surface area contributed by atoms with Crippen molar-refractivity contribution in [1.29, 1.82) is 0 Å². The molecule has 0 aliphatic carbocycles. The summed E-state index contributed by atoms with van der Waals surface area (Å²) in [6.45, 7) is 1.62. The van der Waals surface area contributed by atoms with Crippen molar-refractivity contribution in [2.24, 2.45) is 0 Å². The molecule has 0 bridgehead atoms. The number of aliphatic hydroxyl groups is 1. The molecule has 1 aromatic heterocycles. The van der Waals surface area contributed by atoms with Gasteiger partial charge in [0.1, 0.15) is 0 Å². The highest BCUT2D eigenvalue weighted by atomic mass is 32.1. The zero-order chi connectivity index (χ0) is 12.6. The van der Waals surface area contributed by atoms with E-state index in [0.29, 0.717) is 11.1 Å². The minimum absolute atomic E-state index is 0.223. The second-order valence-corrected chi connectivity index (χ2v) is 5.15. The van der Waals surface area contributed by atoms with Gasteiger partial charge in [-0.1, -0.05) is 6.07 Å². The molecule has 92 valence electrons. The molecule has 0 spiro atoms. The summed E-state index contributed by atoms with van der Waals surface area (Å²) in [5, 5.41) is 9.47. The van der Waals surface area contributed by atoms with Crippen LogP contribution in [0.15, 0.2) is 24.3 Å². The molecule has 0 aliphatic rings. The van der Waals surface area contributed by atoms with Crippen LogP contribution in [0.3, 0.4) is 0 Å². The Labute approximate surface area is 101 Å². The summed E-state index contributed by atoms with van der Waals surface area (Å²) in [5.74, 6) is 0. The average molecular weight is 260 g/mol. The molecule has 1 unspecified atom stereocenters. The summed E-state index contributed by atoms with van der Waals surface area (Å²) in [5.41, 5.74) is -0.608. The van der Waals surface area contributed by atoms with Gasteiger partial charge in [-0.2, -0.15) is 13.2 Å². The average Bonchev–Trinajstić information content (AvgIpc) is 2.55. The van der Waals surface area contributed by atoms with Gasteiger partial charge in [-0.3, -0.25) is 0 Å². The van der Waals surface area contributed by atoms with Gasteiger partial charge in [-0.15, -0.1) is 11.3 Å². The first kappa shape index (κ1) is 12.4. The maximum atomic E-state index is 12.7. The van der Waals surface area contributed by atoms with Crippen LogP contribution in [0.25, 0.3) is 10.1 Å². The van der Waals surface area contributed by atoms with Crippen LogP contribution in [0.1, 0.15) is 17.4 Å². The third-order valence-electron chi connectivity index (χ3n) is 2.41. The highest BCUT2D eigenvalue weighted by Gasteiger charge is 2.32. The molecule has 2 aromatic rings. The maximum Gasteiger partial charge on any atom is 0.417 e. The molecule has 1 atom stereocenters. The summed E-state index contributed by atoms with van der Waals surface area (Å²) < 4.78 is 38.8. The van der Waals surface area contributed by atoms with E-state index in [9.17, 15) is 18.3 Å². The Morgan fingerprint density at radius 2 is 2.06 bits per heavy atom. The summed E-state index contributed by atoms with van der Waals surface area (Å²) in [7, 11) is 0. The van der Waals surface area contributed by atoms with E-state index in [1.807, 2.05) is 0 Å². The SMILES string of the molecule is CC(O)Cc1cc2c(C(F)(F)F)cccc2s1. The van der Waals surface area contributed by atoms with E-state index in [0.717, 1.165) is 10.9 Å². The predicted molar refractivity (Wildman–Crippen MR) is 62.2 cm³/mol. The first-order valence-electron chi connectivity index (χ1n) is 5.14. The highest BCUT2D eigenvalue weighted by Crippen LogP contribution is 2.38. The van der Waals surface area contributed by atoms with Gasteiger partial charge in [0.2, 0.25) is 0 Å². The molecule has 1 aromatic carbocycles. The van der Waals surface area contributed by atoms with Gasteiger partial charge < -0.3 is 5.11 Å². The quantitative estimate of drug-likeness (QED) is 0.869. The van der Waals surface area contributed by atoms with E-state index >= 15 is 0 Å². The number of hydrogen-bond acceptors (Lipinski definition) is 2. The van der Waals surface area contributed by atoms with Gasteiger partial charge in [0.05, 0.1) is 11.7 Å². The van der Waals surface area contributed by atoms with Crippen LogP contribution in [0, 0.1) is 0 Å². The fourth-order valence-corrected chi connectivity index (χ4v) is 2.96. The van der Waals surface area contributed by atoms with Crippen LogP contribution in [0.5, 0.6) is 0 Å². The van der Waals surface area contributed by atoms with Gasteiger partial charge in [0.15, 0.2) is 0 Å². The first-order chi connectivity index (χ1) is 7.88. The zero-order valence-electron chi connectivity index (χ0n) is 9.08. The van der Waals surface area contributed by atoms with Crippen molar-refractivity contribution in [3.05, 3.63) is 34.7 Å². The van der Waals surface area contributed by atoms with E-state index in [2.05, 4.69) is 0 Å². The molecule has 0 radical (unpaired) electrons. The summed E-state index contributed by atoms with van der Waals surface area (Å²) in [6.07, 6.45) is -4.49. The Balaban J connectivity index is 2.53. The number of halogens is 3. The Morgan fingerprint density at radius 3 is 2.65 bits per heavy atom. The lowest BCUT2D eigenvalue weighted by Crippen LogP contribution is -2.04. The Bertz CT molecular complexity index is 528. The fourth-order valence-electron chi connectivity index (χ4n) is 1.75. The first-order valence-corrected chi connectivity index (χ1v) is 5.96. The molecule has 0 fully saturated rings. The van der Waals surface area contributed by atoms with Crippen LogP contribution >= 0.6 is 11.3 Å². The second kappa shape index (κ2) is 4.31. The van der Waals surface area contributed by atoms with Crippen molar-refractivity contribution in [2.45, 2.75) is 25.6 Å². The van der Waals surface area contributed by atoms with Crippen molar-refractivity contribution < 1.29 is 18.3 Å². The third-order valence-corrected chi connectivity index (χ3v) is 3.54. The van der Waals surface area contributed by atoms with E-state index in [1.165, 1.54) is 23.5 Å². The van der Waals surface area contributed by atoms with Crippen LogP contribution < -0.4 is 0 Å². The molecule has 0 aliphatic heterocycles. The van der Waals surface area contributed by atoms with Crippen LogP contribution in [0.2, 0.25) is 0 Å². The van der Waals surface area contributed by atoms with Crippen LogP contribution in [-0.2, 0) is 12.6 Å². The second-order valence-electron chi connectivity index (χ2n) is 3.98. The lowest BCUT2D eigenvalue weighted by molar-refractivity contribution is -0.136. The van der Waals surface area contributed by atoms with Crippen LogP contribution in [-0.4, -0.2) is 11.2 Å². The van der Waals surface area contributed by atoms with E-state index in [4.69, 9.17) is 0 Å². The largest absolute Gasteiger partial charge is 0.417 e. The summed E-state index contributed by atoms with van der Waals surface area (Å²) >= 11 is 1.30. The summed E-state index contributed by atoms with van der Waals surface area (Å²) in [6, 6.07) is 5.69. The molecule has 0 amide bonds. The monoisotopic (exact) mass is 260 g/mol. The molecular formula is C12H11F3OS. The van der Waals surface area contributed by atoms with Crippen LogP contribution in [0.4, 0.5) is 13.2 Å². The van der Waals surface area contributed by atoms with Gasteiger partial charge in [0, 0.05) is 21.4 Å². The zero-order valence-corrected chi connectivity index (χ0v) is 9.90. The normalized spacial score (nSPS) is 14.2. The Kier molecular flexibility index (Phi) is 3.14. The molecule has 17 heavy (non-hydrogen) atoms. The van der Waals surface area contributed by atoms with Crippen molar-refractivity contribution in [3.8, 4) is 0 Å². The fraction of sp³-hybridized carbons (Fsp3) is 0.333. The molecule has 2 rings (SSSR count). The molecule has 1 N–H and O–H groups in total. The lowest BCUT2D eigenvalue weighted by Gasteiger charge is -2.07. The smallest absolute Gasteiger partial charge is 0.393 e. The van der Waals surface area contributed by atoms with Gasteiger partial charge in [0.25, 0.3) is 0 Å². The molecule has 0 saturated heterocycles. The van der Waals surface area contributed by atoms with Crippen molar-refractivity contribution in [2.75, 3.05) is 0 Å². The highest BCUT2D eigenvalue weighted by molar-refractivity contribution is 7.19. The molecule has 5 heteroatoms. The number of thiophene rings is 1. The maximum absolute atomic E-state index is 12.7. The van der Waals surface area contributed by atoms with Gasteiger partial charge in [-0.05, 0) is 25.1 Å². The summed E-state index contributed by atoms with van der Waals surface area (Å²) in [4.78, 5) is 0.770. The molecule has 1 heterocycles. The van der Waals surface area contributed by atoms with Crippen molar-refractivity contribution in [3.63, 3.8) is 0 Å². The number of rotatable bonds is 2. The number of hydrogen-bond donors (Lipinski definition) is 1. The minimum atomic E-state index is -4.33. The van der Waals surface area contributed by atoms with Crippen molar-refractivity contribution >= 4 is 21.4 Å². The number of fused-ring (bicyclic) bond motifs is 1. The number of aliphatic hydroxyl groups excluding tert-OH is 1. The molecular weight excluding hydrogens is 249 g/mol.